The molecule has 0 aliphatic heterocycles. The highest BCUT2D eigenvalue weighted by Gasteiger charge is 2.07. The molecule has 25 heavy (non-hydrogen) atoms. The van der Waals surface area contributed by atoms with Crippen LogP contribution in [-0.4, -0.2) is 15.9 Å². The van der Waals surface area contributed by atoms with Gasteiger partial charge in [0.25, 0.3) is 5.91 Å². The number of benzene rings is 2. The summed E-state index contributed by atoms with van der Waals surface area (Å²) in [5.41, 5.74) is 1.94. The summed E-state index contributed by atoms with van der Waals surface area (Å²) in [6.07, 6.45) is 2.85. The molecular weight excluding hydrogens is 343 g/mol. The fraction of sp³-hybridized carbons (Fsp3) is 0.0556. The first-order valence-electron chi connectivity index (χ1n) is 7.47. The Bertz CT molecular complexity index is 852. The van der Waals surface area contributed by atoms with Crippen LogP contribution >= 0.6 is 11.6 Å². The van der Waals surface area contributed by atoms with Crippen LogP contribution in [0.3, 0.4) is 0 Å². The van der Waals surface area contributed by atoms with Crippen LogP contribution in [0, 0.1) is 5.82 Å². The van der Waals surface area contributed by atoms with Crippen molar-refractivity contribution in [3.8, 4) is 0 Å². The molecule has 3 aromatic rings. The predicted octanol–water partition coefficient (Wildman–Crippen LogP) is 3.94. The first kappa shape index (κ1) is 16.9. The Kier molecular flexibility index (Phi) is 5.20. The fourth-order valence-electron chi connectivity index (χ4n) is 2.06. The van der Waals surface area contributed by atoms with E-state index in [2.05, 4.69) is 20.6 Å². The molecule has 0 unspecified atom stereocenters. The molecule has 2 aromatic carbocycles. The Balaban J connectivity index is 1.58. The van der Waals surface area contributed by atoms with E-state index in [1.165, 1.54) is 24.5 Å². The van der Waals surface area contributed by atoms with Crippen molar-refractivity contribution in [1.29, 1.82) is 0 Å². The number of halogens is 2. The molecule has 0 saturated carbocycles. The van der Waals surface area contributed by atoms with Crippen LogP contribution in [0.15, 0.2) is 60.9 Å². The lowest BCUT2D eigenvalue weighted by molar-refractivity contribution is 0.0950. The van der Waals surface area contributed by atoms with Crippen LogP contribution in [0.5, 0.6) is 0 Å². The lowest BCUT2D eigenvalue weighted by atomic mass is 10.2. The van der Waals surface area contributed by atoms with Crippen LogP contribution in [0.25, 0.3) is 0 Å². The summed E-state index contributed by atoms with van der Waals surface area (Å²) >= 11 is 5.82. The van der Waals surface area contributed by atoms with Crippen LogP contribution in [-0.2, 0) is 6.54 Å². The van der Waals surface area contributed by atoms with Crippen LogP contribution in [0.2, 0.25) is 5.02 Å². The number of anilines is 2. The van der Waals surface area contributed by atoms with Gasteiger partial charge in [0, 0.05) is 29.6 Å². The largest absolute Gasteiger partial charge is 0.348 e. The molecule has 126 valence electrons. The molecule has 0 bridgehead atoms. The van der Waals surface area contributed by atoms with E-state index in [0.29, 0.717) is 28.8 Å². The van der Waals surface area contributed by atoms with Crippen molar-refractivity contribution in [1.82, 2.24) is 15.3 Å². The summed E-state index contributed by atoms with van der Waals surface area (Å²) in [6, 6.07) is 13.0. The molecule has 3 rings (SSSR count). The topological polar surface area (TPSA) is 66.9 Å². The van der Waals surface area contributed by atoms with E-state index < -0.39 is 0 Å². The third-order valence-electron chi connectivity index (χ3n) is 3.38. The van der Waals surface area contributed by atoms with Crippen LogP contribution in [0.1, 0.15) is 15.9 Å². The maximum atomic E-state index is 12.9. The average Bonchev–Trinajstić information content (AvgIpc) is 2.63. The molecule has 0 aliphatic carbocycles. The molecule has 0 atom stereocenters. The standard InChI is InChI=1S/C18H14ClFN4O/c19-14-3-1-12(2-4-14)9-21-17(25)13-10-22-18(23-11-13)24-16-7-5-15(20)6-8-16/h1-8,10-11H,9H2,(H,21,25)(H,22,23,24). The van der Waals surface area contributed by atoms with Gasteiger partial charge >= 0.3 is 0 Å². The fourth-order valence-corrected chi connectivity index (χ4v) is 2.18. The smallest absolute Gasteiger partial charge is 0.254 e. The number of carbonyl (C=O) groups is 1. The maximum absolute atomic E-state index is 12.9. The van der Waals surface area contributed by atoms with E-state index in [-0.39, 0.29) is 11.7 Å². The minimum absolute atomic E-state index is 0.275. The minimum atomic E-state index is -0.320. The van der Waals surface area contributed by atoms with Crippen molar-refractivity contribution < 1.29 is 9.18 Å². The highest BCUT2D eigenvalue weighted by atomic mass is 35.5. The van der Waals surface area contributed by atoms with Gasteiger partial charge in [-0.1, -0.05) is 23.7 Å². The second-order valence-electron chi connectivity index (χ2n) is 5.24. The van der Waals surface area contributed by atoms with Gasteiger partial charge in [-0.25, -0.2) is 14.4 Å². The number of aromatic nitrogens is 2. The minimum Gasteiger partial charge on any atom is -0.348 e. The molecule has 0 saturated heterocycles. The molecule has 0 radical (unpaired) electrons. The molecule has 1 aromatic heterocycles. The predicted molar refractivity (Wildman–Crippen MR) is 94.3 cm³/mol. The van der Waals surface area contributed by atoms with E-state index in [1.54, 1.807) is 24.3 Å². The second-order valence-corrected chi connectivity index (χ2v) is 5.67. The maximum Gasteiger partial charge on any atom is 0.254 e. The van der Waals surface area contributed by atoms with Gasteiger partial charge in [-0.2, -0.15) is 0 Å². The molecule has 0 fully saturated rings. The first-order valence-corrected chi connectivity index (χ1v) is 7.85. The molecule has 1 heterocycles. The Morgan fingerprint density at radius 3 is 2.28 bits per heavy atom. The third-order valence-corrected chi connectivity index (χ3v) is 3.63. The zero-order valence-corrected chi connectivity index (χ0v) is 13.8. The normalized spacial score (nSPS) is 10.3. The van der Waals surface area contributed by atoms with E-state index in [0.717, 1.165) is 5.56 Å². The Labute approximate surface area is 148 Å². The number of carbonyl (C=O) groups excluding carboxylic acids is 1. The van der Waals surface area contributed by atoms with Gasteiger partial charge in [-0.05, 0) is 42.0 Å². The van der Waals surface area contributed by atoms with Crippen molar-refractivity contribution in [3.05, 3.63) is 82.9 Å². The van der Waals surface area contributed by atoms with Crippen molar-refractivity contribution >= 4 is 29.1 Å². The van der Waals surface area contributed by atoms with Gasteiger partial charge in [0.15, 0.2) is 0 Å². The number of nitrogens with one attached hydrogen (secondary N) is 2. The van der Waals surface area contributed by atoms with Gasteiger partial charge in [0.1, 0.15) is 5.82 Å². The summed E-state index contributed by atoms with van der Waals surface area (Å²) < 4.78 is 12.9. The third kappa shape index (κ3) is 4.74. The van der Waals surface area contributed by atoms with Crippen molar-refractivity contribution in [2.24, 2.45) is 0 Å². The Morgan fingerprint density at radius 1 is 1.00 bits per heavy atom. The van der Waals surface area contributed by atoms with Gasteiger partial charge in [0.2, 0.25) is 5.95 Å². The van der Waals surface area contributed by atoms with Crippen molar-refractivity contribution in [2.45, 2.75) is 6.54 Å². The van der Waals surface area contributed by atoms with Gasteiger partial charge < -0.3 is 10.6 Å². The number of rotatable bonds is 5. The number of hydrogen-bond acceptors (Lipinski definition) is 4. The van der Waals surface area contributed by atoms with Crippen molar-refractivity contribution in [2.75, 3.05) is 5.32 Å². The molecule has 5 nitrogen and oxygen atoms in total. The molecular formula is C18H14ClFN4O. The number of amides is 1. The highest BCUT2D eigenvalue weighted by Crippen LogP contribution is 2.13. The second kappa shape index (κ2) is 7.72. The summed E-state index contributed by atoms with van der Waals surface area (Å²) in [4.78, 5) is 20.3. The van der Waals surface area contributed by atoms with Crippen molar-refractivity contribution in [3.63, 3.8) is 0 Å². The van der Waals surface area contributed by atoms with E-state index in [9.17, 15) is 9.18 Å². The first-order chi connectivity index (χ1) is 12.1. The van der Waals surface area contributed by atoms with Gasteiger partial charge in [-0.3, -0.25) is 4.79 Å². The molecule has 2 N–H and O–H groups in total. The number of nitrogens with zero attached hydrogens (tertiary/aromatic N) is 2. The quantitative estimate of drug-likeness (QED) is 0.726. The van der Waals surface area contributed by atoms with E-state index >= 15 is 0 Å². The zero-order valence-electron chi connectivity index (χ0n) is 13.0. The van der Waals surface area contributed by atoms with Gasteiger partial charge in [0.05, 0.1) is 5.56 Å². The van der Waals surface area contributed by atoms with E-state index in [1.807, 2.05) is 12.1 Å². The summed E-state index contributed by atoms with van der Waals surface area (Å²) in [5.74, 6) is -0.275. The summed E-state index contributed by atoms with van der Waals surface area (Å²) in [6.45, 7) is 0.381. The zero-order chi connectivity index (χ0) is 17.6. The molecule has 0 aliphatic rings. The lowest BCUT2D eigenvalue weighted by Gasteiger charge is -2.07. The molecule has 7 heteroatoms. The Morgan fingerprint density at radius 2 is 1.64 bits per heavy atom. The van der Waals surface area contributed by atoms with E-state index in [4.69, 9.17) is 11.6 Å². The molecule has 1 amide bonds. The van der Waals surface area contributed by atoms with Crippen LogP contribution in [0.4, 0.5) is 16.0 Å². The highest BCUT2D eigenvalue weighted by molar-refractivity contribution is 6.30. The van der Waals surface area contributed by atoms with Gasteiger partial charge in [-0.15, -0.1) is 0 Å². The van der Waals surface area contributed by atoms with Crippen LogP contribution < -0.4 is 10.6 Å². The molecule has 0 spiro atoms. The average molecular weight is 357 g/mol. The number of hydrogen-bond donors (Lipinski definition) is 2. The summed E-state index contributed by atoms with van der Waals surface area (Å²) in [7, 11) is 0. The lowest BCUT2D eigenvalue weighted by Crippen LogP contribution is -2.23. The monoisotopic (exact) mass is 356 g/mol. The summed E-state index contributed by atoms with van der Waals surface area (Å²) in [5, 5.41) is 6.36. The Hall–Kier alpha value is -2.99. The SMILES string of the molecule is O=C(NCc1ccc(Cl)cc1)c1cnc(Nc2ccc(F)cc2)nc1.